The summed E-state index contributed by atoms with van der Waals surface area (Å²) >= 11 is 0. The molecule has 1 aromatic heterocycles. The molecule has 2 fully saturated rings. The number of rotatable bonds is 15. The lowest BCUT2D eigenvalue weighted by atomic mass is 9.82. The van der Waals surface area contributed by atoms with Crippen molar-refractivity contribution in [2.45, 2.75) is 42.9 Å². The molecule has 1 aliphatic heterocycles. The Morgan fingerprint density at radius 1 is 0.840 bits per heavy atom. The maximum atomic E-state index is 13.2. The monoisotopic (exact) mass is 734 g/mol. The number of hydrogen-bond acceptors (Lipinski definition) is 10. The van der Waals surface area contributed by atoms with E-state index in [1.54, 1.807) is 0 Å². The summed E-state index contributed by atoms with van der Waals surface area (Å²) in [4.78, 5) is 11.0. The Morgan fingerprint density at radius 3 is 2.20 bits per heavy atom. The van der Waals surface area contributed by atoms with Crippen LogP contribution in [0.25, 0.3) is 10.9 Å². The molecule has 1 aliphatic carbocycles. The van der Waals surface area contributed by atoms with E-state index in [-0.39, 0.29) is 18.4 Å². The predicted octanol–water partition coefficient (Wildman–Crippen LogP) is 5.45. The molecule has 0 unspecified atom stereocenters. The number of sulfonamides is 1. The lowest BCUT2D eigenvalue weighted by Gasteiger charge is -2.29. The van der Waals surface area contributed by atoms with E-state index in [4.69, 9.17) is 9.72 Å². The zero-order valence-electron chi connectivity index (χ0n) is 27.2. The van der Waals surface area contributed by atoms with Crippen LogP contribution in [0.3, 0.4) is 0 Å². The van der Waals surface area contributed by atoms with Crippen LogP contribution in [0.5, 0.6) is 11.5 Å². The maximum absolute atomic E-state index is 13.2. The molecule has 18 heteroatoms. The molecule has 5 rings (SSSR count). The third-order valence-electron chi connectivity index (χ3n) is 8.50. The number of benzene rings is 2. The van der Waals surface area contributed by atoms with Crippen molar-refractivity contribution in [2.75, 3.05) is 76.3 Å². The minimum absolute atomic E-state index is 0.0118. The smallest absolute Gasteiger partial charge is 0.422 e. The summed E-state index contributed by atoms with van der Waals surface area (Å²) in [5.74, 6) is 0.297. The highest BCUT2D eigenvalue weighted by atomic mass is 32.2. The van der Waals surface area contributed by atoms with Crippen LogP contribution in [0.1, 0.15) is 25.7 Å². The largest absolute Gasteiger partial charge is 0.484 e. The van der Waals surface area contributed by atoms with Gasteiger partial charge in [0.2, 0.25) is 16.0 Å². The first-order valence-corrected chi connectivity index (χ1v) is 17.8. The SMILES string of the molecule is O=S(=O)(NCC1CCC(CNc2nc(NCCN3CCOCC3)c3ccccc3n2)CC1)c1cc(OCC(F)(F)F)ccc1OCC(F)(F)F. The molecule has 0 spiro atoms. The lowest BCUT2D eigenvalue weighted by molar-refractivity contribution is -0.154. The Morgan fingerprint density at radius 2 is 1.50 bits per heavy atom. The molecule has 1 saturated carbocycles. The Kier molecular flexibility index (Phi) is 12.5. The molecular formula is C32H40F6N6O5S. The number of anilines is 2. The zero-order valence-corrected chi connectivity index (χ0v) is 28.0. The number of morpholine rings is 1. The van der Waals surface area contributed by atoms with E-state index < -0.39 is 52.0 Å². The minimum atomic E-state index is -4.77. The van der Waals surface area contributed by atoms with Gasteiger partial charge in [-0.1, -0.05) is 12.1 Å². The van der Waals surface area contributed by atoms with Crippen molar-refractivity contribution in [3.8, 4) is 11.5 Å². The van der Waals surface area contributed by atoms with E-state index in [9.17, 15) is 34.8 Å². The molecule has 2 aromatic carbocycles. The molecule has 11 nitrogen and oxygen atoms in total. The van der Waals surface area contributed by atoms with Gasteiger partial charge in [-0.2, -0.15) is 31.3 Å². The number of aromatic nitrogens is 2. The summed E-state index contributed by atoms with van der Waals surface area (Å²) in [5.41, 5.74) is 0.805. The summed E-state index contributed by atoms with van der Waals surface area (Å²) in [6.07, 6.45) is -6.57. The molecule has 1 saturated heterocycles. The van der Waals surface area contributed by atoms with Gasteiger partial charge in [0.15, 0.2) is 13.2 Å². The number of halogens is 6. The van der Waals surface area contributed by atoms with E-state index in [1.165, 1.54) is 0 Å². The van der Waals surface area contributed by atoms with Gasteiger partial charge in [0, 0.05) is 50.7 Å². The van der Waals surface area contributed by atoms with E-state index in [2.05, 4.69) is 34.7 Å². The fraction of sp³-hybridized carbons (Fsp3) is 0.562. The third-order valence-corrected chi connectivity index (χ3v) is 9.95. The summed E-state index contributed by atoms with van der Waals surface area (Å²) < 4.78 is 120. The average Bonchev–Trinajstić information content (AvgIpc) is 3.08. The Hall–Kier alpha value is -3.61. The average molecular weight is 735 g/mol. The molecule has 0 amide bonds. The Labute approximate surface area is 286 Å². The third kappa shape index (κ3) is 11.5. The van der Waals surface area contributed by atoms with Crippen LogP contribution in [0.4, 0.5) is 38.1 Å². The summed E-state index contributed by atoms with van der Waals surface area (Å²) in [5, 5.41) is 7.72. The highest BCUT2D eigenvalue weighted by Gasteiger charge is 2.32. The van der Waals surface area contributed by atoms with Crippen molar-refractivity contribution in [3.05, 3.63) is 42.5 Å². The predicted molar refractivity (Wildman–Crippen MR) is 174 cm³/mol. The Balaban J connectivity index is 1.14. The lowest BCUT2D eigenvalue weighted by Crippen LogP contribution is -2.39. The van der Waals surface area contributed by atoms with Crippen LogP contribution in [0.2, 0.25) is 0 Å². The molecular weight excluding hydrogens is 694 g/mol. The van der Waals surface area contributed by atoms with Crippen LogP contribution in [-0.2, 0) is 14.8 Å². The van der Waals surface area contributed by atoms with Gasteiger partial charge in [0.05, 0.1) is 18.7 Å². The summed E-state index contributed by atoms with van der Waals surface area (Å²) in [6.45, 7) is 1.93. The second-order valence-corrected chi connectivity index (χ2v) is 14.1. The van der Waals surface area contributed by atoms with Crippen LogP contribution < -0.4 is 24.8 Å². The molecule has 0 bridgehead atoms. The molecule has 3 aromatic rings. The number of ether oxygens (including phenoxy) is 3. The van der Waals surface area contributed by atoms with E-state index in [1.807, 2.05) is 24.3 Å². The van der Waals surface area contributed by atoms with Crippen molar-refractivity contribution < 1.29 is 49.0 Å². The molecule has 276 valence electrons. The van der Waals surface area contributed by atoms with Gasteiger partial charge in [-0.25, -0.2) is 18.1 Å². The summed E-state index contributed by atoms with van der Waals surface area (Å²) in [7, 11) is -4.48. The standard InChI is InChI=1S/C32H40F6N6O5S/c33-31(34,35)20-48-24-9-10-27(49-21-32(36,37)38)28(17-24)50(45,46)41-19-23-7-5-22(6-8-23)18-40-30-42-26-4-2-1-3-25(26)29(43-30)39-11-12-44-13-15-47-16-14-44/h1-4,9-10,17,22-23,41H,5-8,11-16,18-21H2,(H2,39,40,42,43). The van der Waals surface area contributed by atoms with Crippen LogP contribution in [0, 0.1) is 11.8 Å². The van der Waals surface area contributed by atoms with Gasteiger partial charge >= 0.3 is 12.4 Å². The van der Waals surface area contributed by atoms with Gasteiger partial charge in [-0.3, -0.25) is 4.90 Å². The number of nitrogens with zero attached hydrogens (tertiary/aromatic N) is 3. The maximum Gasteiger partial charge on any atom is 0.422 e. The zero-order chi connectivity index (χ0) is 35.8. The second-order valence-electron chi connectivity index (χ2n) is 12.3. The highest BCUT2D eigenvalue weighted by molar-refractivity contribution is 7.89. The van der Waals surface area contributed by atoms with Gasteiger partial charge in [0.25, 0.3) is 0 Å². The fourth-order valence-electron chi connectivity index (χ4n) is 5.86. The number of alkyl halides is 6. The van der Waals surface area contributed by atoms with Crippen LogP contribution in [-0.4, -0.2) is 101 Å². The topological polar surface area (TPSA) is 127 Å². The first kappa shape index (κ1) is 37.6. The molecule has 0 radical (unpaired) electrons. The molecule has 0 atom stereocenters. The van der Waals surface area contributed by atoms with Gasteiger partial charge in [0.1, 0.15) is 22.2 Å². The van der Waals surface area contributed by atoms with Crippen molar-refractivity contribution >= 4 is 32.7 Å². The number of nitrogens with one attached hydrogen (secondary N) is 3. The van der Waals surface area contributed by atoms with E-state index in [0.717, 1.165) is 80.6 Å². The Bertz CT molecular complexity index is 1670. The molecule has 3 N–H and O–H groups in total. The number of para-hydroxylation sites is 1. The quantitative estimate of drug-likeness (QED) is 0.174. The van der Waals surface area contributed by atoms with E-state index >= 15 is 0 Å². The highest BCUT2D eigenvalue weighted by Crippen LogP contribution is 2.33. The fourth-order valence-corrected chi connectivity index (χ4v) is 7.13. The normalized spacial score (nSPS) is 19.3. The second kappa shape index (κ2) is 16.6. The van der Waals surface area contributed by atoms with Crippen LogP contribution >= 0.6 is 0 Å². The van der Waals surface area contributed by atoms with Crippen molar-refractivity contribution in [2.24, 2.45) is 11.8 Å². The molecule has 2 heterocycles. The minimum Gasteiger partial charge on any atom is -0.484 e. The van der Waals surface area contributed by atoms with Gasteiger partial charge in [-0.15, -0.1) is 0 Å². The summed E-state index contributed by atoms with van der Waals surface area (Å²) in [6, 6.07) is 10.2. The van der Waals surface area contributed by atoms with Crippen molar-refractivity contribution in [3.63, 3.8) is 0 Å². The molecule has 50 heavy (non-hydrogen) atoms. The van der Waals surface area contributed by atoms with Gasteiger partial charge < -0.3 is 24.8 Å². The molecule has 2 aliphatic rings. The first-order valence-electron chi connectivity index (χ1n) is 16.3. The van der Waals surface area contributed by atoms with Crippen molar-refractivity contribution in [1.82, 2.24) is 19.6 Å². The number of fused-ring (bicyclic) bond motifs is 1. The first-order chi connectivity index (χ1) is 23.7. The van der Waals surface area contributed by atoms with E-state index in [0.29, 0.717) is 31.9 Å². The number of hydrogen-bond donors (Lipinski definition) is 3. The van der Waals surface area contributed by atoms with Gasteiger partial charge in [-0.05, 0) is 61.8 Å². The van der Waals surface area contributed by atoms with Crippen molar-refractivity contribution in [1.29, 1.82) is 0 Å². The van der Waals surface area contributed by atoms with Crippen LogP contribution in [0.15, 0.2) is 47.4 Å².